The van der Waals surface area contributed by atoms with Crippen molar-refractivity contribution < 1.29 is 4.79 Å². The molecule has 1 aromatic heterocycles. The first kappa shape index (κ1) is 15.9. The average Bonchev–Trinajstić information content (AvgIpc) is 2.99. The van der Waals surface area contributed by atoms with E-state index in [1.54, 1.807) is 0 Å². The van der Waals surface area contributed by atoms with Gasteiger partial charge in [0.1, 0.15) is 0 Å². The molecule has 1 aromatic carbocycles. The highest BCUT2D eigenvalue weighted by Gasteiger charge is 2.09. The van der Waals surface area contributed by atoms with E-state index in [9.17, 15) is 4.79 Å². The second-order valence-corrected chi connectivity index (χ2v) is 4.94. The maximum atomic E-state index is 12.0. The molecule has 116 valence electrons. The van der Waals surface area contributed by atoms with E-state index in [2.05, 4.69) is 27.8 Å². The molecule has 0 unspecified atom stereocenters. The van der Waals surface area contributed by atoms with Gasteiger partial charge in [-0.2, -0.15) is 0 Å². The third kappa shape index (κ3) is 3.79. The summed E-state index contributed by atoms with van der Waals surface area (Å²) < 4.78 is 0. The first-order chi connectivity index (χ1) is 10.7. The molecule has 4 nitrogen and oxygen atoms in total. The van der Waals surface area contributed by atoms with Crippen LogP contribution in [0.3, 0.4) is 0 Å². The molecule has 0 radical (unpaired) electrons. The molecule has 22 heavy (non-hydrogen) atoms. The minimum atomic E-state index is -0.208. The lowest BCUT2D eigenvalue weighted by molar-refractivity contribution is 0.254. The van der Waals surface area contributed by atoms with Gasteiger partial charge in [0.05, 0.1) is 0 Å². The topological polar surface area (TPSA) is 56.9 Å². The largest absolute Gasteiger partial charge is 0.361 e. The van der Waals surface area contributed by atoms with Crippen molar-refractivity contribution in [2.45, 2.75) is 33.6 Å². The van der Waals surface area contributed by atoms with Crippen molar-refractivity contribution >= 4 is 22.6 Å². The van der Waals surface area contributed by atoms with Gasteiger partial charge in [-0.25, -0.2) is 4.79 Å². The Balaban J connectivity index is 0.000000847. The molecule has 3 N–H and O–H groups in total. The van der Waals surface area contributed by atoms with Crippen LogP contribution in [0.4, 0.5) is 10.5 Å². The van der Waals surface area contributed by atoms with Crippen LogP contribution >= 0.6 is 0 Å². The summed E-state index contributed by atoms with van der Waals surface area (Å²) in [6.45, 7) is 6.01. The first-order valence-electron chi connectivity index (χ1n) is 7.75. The lowest BCUT2D eigenvalue weighted by Crippen LogP contribution is -2.29. The number of H-pyrrole nitrogens is 1. The van der Waals surface area contributed by atoms with Gasteiger partial charge in [-0.3, -0.25) is 0 Å². The van der Waals surface area contributed by atoms with Gasteiger partial charge >= 0.3 is 6.03 Å². The second kappa shape index (κ2) is 7.50. The van der Waals surface area contributed by atoms with Crippen molar-refractivity contribution in [1.82, 2.24) is 10.3 Å². The van der Waals surface area contributed by atoms with E-state index in [4.69, 9.17) is 0 Å². The monoisotopic (exact) mass is 297 g/mol. The number of nitrogens with one attached hydrogen (secondary N) is 3. The number of carbonyl (C=O) groups excluding carboxylic acids is 1. The average molecular weight is 297 g/mol. The van der Waals surface area contributed by atoms with Crippen LogP contribution in [0.5, 0.6) is 0 Å². The van der Waals surface area contributed by atoms with Gasteiger partial charge in [0.15, 0.2) is 0 Å². The Hall–Kier alpha value is -2.49. The zero-order valence-electron chi connectivity index (χ0n) is 13.4. The highest BCUT2D eigenvalue weighted by atomic mass is 16.2. The molecule has 3 rings (SSSR count). The molecular formula is C18H23N3O. The van der Waals surface area contributed by atoms with E-state index < -0.39 is 0 Å². The first-order valence-corrected chi connectivity index (χ1v) is 7.75. The number of aromatic amines is 1. The number of urea groups is 1. The van der Waals surface area contributed by atoms with Crippen LogP contribution in [0.2, 0.25) is 0 Å². The van der Waals surface area contributed by atoms with Crippen LogP contribution in [0.15, 0.2) is 53.9 Å². The molecule has 2 amide bonds. The summed E-state index contributed by atoms with van der Waals surface area (Å²) in [6.07, 6.45) is 8.10. The number of benzene rings is 1. The number of allylic oxidation sites excluding steroid dienone is 3. The molecule has 0 fully saturated rings. The van der Waals surface area contributed by atoms with Crippen LogP contribution in [-0.4, -0.2) is 11.0 Å². The maximum absolute atomic E-state index is 12.0. The van der Waals surface area contributed by atoms with Crippen LogP contribution in [-0.2, 0) is 0 Å². The number of carbonyl (C=O) groups is 1. The summed E-state index contributed by atoms with van der Waals surface area (Å²) in [6, 6.07) is 7.56. The van der Waals surface area contributed by atoms with E-state index in [0.29, 0.717) is 0 Å². The Kier molecular flexibility index (Phi) is 5.42. The van der Waals surface area contributed by atoms with Gasteiger partial charge in [-0.05, 0) is 49.6 Å². The number of rotatable bonds is 2. The fraction of sp³-hybridized carbons (Fsp3) is 0.278. The predicted molar refractivity (Wildman–Crippen MR) is 92.9 cm³/mol. The fourth-order valence-electron chi connectivity index (χ4n) is 2.36. The molecule has 1 heterocycles. The standard InChI is InChI=1S/C16H17N3O.C2H6/c1-11-4-2-3-5-14(11)19-16(20)18-13-6-7-15-12(10-13)8-9-17-15;1-2/h4-10,17H,2-3H2,1H3,(H2,18,19,20);1-2H3. The molecule has 0 bridgehead atoms. The van der Waals surface area contributed by atoms with Crippen LogP contribution in [0.1, 0.15) is 33.6 Å². The highest BCUT2D eigenvalue weighted by molar-refractivity contribution is 5.93. The predicted octanol–water partition coefficient (Wildman–Crippen LogP) is 4.94. The van der Waals surface area contributed by atoms with Crippen LogP contribution in [0.25, 0.3) is 10.9 Å². The SMILES string of the molecule is CC.CC1=CCCC=C1NC(=O)Nc1ccc2[nH]ccc2c1. The zero-order valence-corrected chi connectivity index (χ0v) is 13.4. The molecule has 0 aliphatic heterocycles. The molecule has 1 aliphatic rings. The van der Waals surface area contributed by atoms with Crippen LogP contribution in [0, 0.1) is 0 Å². The molecule has 0 saturated heterocycles. The van der Waals surface area contributed by atoms with Gasteiger partial charge in [-0.1, -0.05) is 26.0 Å². The smallest absolute Gasteiger partial charge is 0.323 e. The van der Waals surface area contributed by atoms with E-state index >= 15 is 0 Å². The summed E-state index contributed by atoms with van der Waals surface area (Å²) in [4.78, 5) is 15.1. The van der Waals surface area contributed by atoms with Crippen molar-refractivity contribution in [2.24, 2.45) is 0 Å². The Morgan fingerprint density at radius 2 is 1.86 bits per heavy atom. The van der Waals surface area contributed by atoms with Gasteiger partial charge in [0, 0.05) is 28.5 Å². The minimum absolute atomic E-state index is 0.208. The van der Waals surface area contributed by atoms with E-state index in [-0.39, 0.29) is 6.03 Å². The Morgan fingerprint density at radius 1 is 1.09 bits per heavy atom. The quantitative estimate of drug-likeness (QED) is 0.722. The third-order valence-corrected chi connectivity index (χ3v) is 3.45. The maximum Gasteiger partial charge on any atom is 0.323 e. The molecule has 2 aromatic rings. The normalized spacial score (nSPS) is 13.6. The number of aromatic nitrogens is 1. The molecule has 0 saturated carbocycles. The van der Waals surface area contributed by atoms with E-state index in [1.165, 1.54) is 0 Å². The van der Waals surface area contributed by atoms with Crippen molar-refractivity contribution in [3.8, 4) is 0 Å². The Bertz CT molecular complexity index is 710. The Labute approximate surface area is 131 Å². The molecule has 0 spiro atoms. The van der Waals surface area contributed by atoms with Gasteiger partial charge in [0.25, 0.3) is 0 Å². The van der Waals surface area contributed by atoms with Crippen molar-refractivity contribution in [2.75, 3.05) is 5.32 Å². The van der Waals surface area contributed by atoms with Gasteiger partial charge in [-0.15, -0.1) is 0 Å². The molecular weight excluding hydrogens is 274 g/mol. The molecule has 4 heteroatoms. The van der Waals surface area contributed by atoms with E-state index in [0.717, 1.165) is 40.7 Å². The second-order valence-electron chi connectivity index (χ2n) is 4.94. The summed E-state index contributed by atoms with van der Waals surface area (Å²) in [5.41, 5.74) is 3.86. The number of anilines is 1. The summed E-state index contributed by atoms with van der Waals surface area (Å²) in [7, 11) is 0. The van der Waals surface area contributed by atoms with Gasteiger partial charge < -0.3 is 15.6 Å². The van der Waals surface area contributed by atoms with Crippen molar-refractivity contribution in [3.05, 3.63) is 53.9 Å². The van der Waals surface area contributed by atoms with Crippen molar-refractivity contribution in [3.63, 3.8) is 0 Å². The lowest BCUT2D eigenvalue weighted by atomic mass is 10.1. The zero-order chi connectivity index (χ0) is 15.9. The summed E-state index contributed by atoms with van der Waals surface area (Å²) >= 11 is 0. The third-order valence-electron chi connectivity index (χ3n) is 3.45. The van der Waals surface area contributed by atoms with Crippen LogP contribution < -0.4 is 10.6 Å². The lowest BCUT2D eigenvalue weighted by Gasteiger charge is -2.14. The number of amides is 2. The van der Waals surface area contributed by atoms with Crippen molar-refractivity contribution in [1.29, 1.82) is 0 Å². The fourth-order valence-corrected chi connectivity index (χ4v) is 2.36. The molecule has 1 aliphatic carbocycles. The summed E-state index contributed by atoms with van der Waals surface area (Å²) in [5.74, 6) is 0. The number of hydrogen-bond acceptors (Lipinski definition) is 1. The highest BCUT2D eigenvalue weighted by Crippen LogP contribution is 2.19. The minimum Gasteiger partial charge on any atom is -0.361 e. The van der Waals surface area contributed by atoms with Gasteiger partial charge in [0.2, 0.25) is 0 Å². The van der Waals surface area contributed by atoms with E-state index in [1.807, 2.05) is 51.2 Å². The number of fused-ring (bicyclic) bond motifs is 1. The molecule has 0 atom stereocenters. The summed E-state index contributed by atoms with van der Waals surface area (Å²) in [5, 5.41) is 6.83. The number of hydrogen-bond donors (Lipinski definition) is 3. The Morgan fingerprint density at radius 3 is 2.64 bits per heavy atom.